The second-order valence-corrected chi connectivity index (χ2v) is 0.641. The van der Waals surface area contributed by atoms with Crippen LogP contribution in [0.25, 0.3) is 0 Å². The van der Waals surface area contributed by atoms with Crippen molar-refractivity contribution in [3.63, 3.8) is 0 Å². The van der Waals surface area contributed by atoms with Crippen molar-refractivity contribution in [3.8, 4) is 0 Å². The van der Waals surface area contributed by atoms with E-state index in [9.17, 15) is 10.1 Å². The third-order valence-electron chi connectivity index (χ3n) is 0.235. The van der Waals surface area contributed by atoms with E-state index in [1.807, 2.05) is 0 Å². The molecular weight excluding hydrogens is 113 g/mol. The summed E-state index contributed by atoms with van der Waals surface area (Å²) in [5.41, 5.74) is 0. The molecule has 0 heterocycles. The Bertz CT molecular complexity index is 56.9. The normalized spacial score (nSPS) is 6.43. The molecule has 0 N–H and O–H groups in total. The minimum atomic E-state index is -0.819. The predicted molar refractivity (Wildman–Crippen MR) is 24.4 cm³/mol. The molecule has 0 aromatic heterocycles. The SMILES string of the molecule is CCO[N+](=O)[O-].[Al+3]. The number of hydrogen-bond acceptors (Lipinski definition) is 3. The molecule has 0 radical (unpaired) electrons. The summed E-state index contributed by atoms with van der Waals surface area (Å²) in [7, 11) is 0. The fourth-order valence-corrected chi connectivity index (χ4v) is 0.105. The average molecular weight is 118 g/mol. The number of hydrogen-bond donors (Lipinski definition) is 0. The standard InChI is InChI=1S/C2H5NO3.Al/c1-2-6-3(4)5;/h2H2,1H3;/q;+3. The second-order valence-electron chi connectivity index (χ2n) is 0.641. The average Bonchev–Trinajstić information content (AvgIpc) is 1.35. The minimum Gasteiger partial charge on any atom is -0.314 e. The molecule has 0 aliphatic carbocycles. The molecule has 0 aliphatic heterocycles. The maximum absolute atomic E-state index is 9.18. The summed E-state index contributed by atoms with van der Waals surface area (Å²) in [6.07, 6.45) is 0. The number of nitrogens with zero attached hydrogens (tertiary/aromatic N) is 1. The van der Waals surface area contributed by atoms with Crippen LogP contribution in [0.4, 0.5) is 0 Å². The van der Waals surface area contributed by atoms with E-state index in [1.165, 1.54) is 0 Å². The van der Waals surface area contributed by atoms with E-state index in [0.717, 1.165) is 0 Å². The summed E-state index contributed by atoms with van der Waals surface area (Å²) in [6.45, 7) is 1.69. The molecule has 0 fully saturated rings. The van der Waals surface area contributed by atoms with Gasteiger partial charge in [0.15, 0.2) is 0 Å². The van der Waals surface area contributed by atoms with Crippen molar-refractivity contribution in [1.29, 1.82) is 0 Å². The molecule has 0 saturated carbocycles. The van der Waals surface area contributed by atoms with E-state index in [0.29, 0.717) is 0 Å². The zero-order chi connectivity index (χ0) is 4.99. The molecule has 0 aromatic carbocycles. The van der Waals surface area contributed by atoms with Crippen LogP contribution >= 0.6 is 0 Å². The molecule has 0 bridgehead atoms. The Labute approximate surface area is 51.7 Å². The zero-order valence-corrected chi connectivity index (χ0v) is 5.11. The quantitative estimate of drug-likeness (QED) is 0.287. The Kier molecular flexibility index (Phi) is 8.09. The van der Waals surface area contributed by atoms with E-state index in [1.54, 1.807) is 6.92 Å². The first kappa shape index (κ1) is 9.88. The van der Waals surface area contributed by atoms with Crippen LogP contribution in [0.3, 0.4) is 0 Å². The van der Waals surface area contributed by atoms with Crippen LogP contribution in [0.2, 0.25) is 0 Å². The Morgan fingerprint density at radius 3 is 2.29 bits per heavy atom. The van der Waals surface area contributed by atoms with Crippen molar-refractivity contribution in [2.24, 2.45) is 0 Å². The van der Waals surface area contributed by atoms with Crippen LogP contribution in [-0.2, 0) is 4.84 Å². The van der Waals surface area contributed by atoms with E-state index >= 15 is 0 Å². The maximum atomic E-state index is 9.18. The second kappa shape index (κ2) is 5.73. The van der Waals surface area contributed by atoms with Gasteiger partial charge in [0.05, 0.1) is 6.61 Å². The largest absolute Gasteiger partial charge is 3.00 e. The molecule has 4 nitrogen and oxygen atoms in total. The van der Waals surface area contributed by atoms with E-state index in [-0.39, 0.29) is 24.0 Å². The van der Waals surface area contributed by atoms with Crippen LogP contribution < -0.4 is 0 Å². The summed E-state index contributed by atoms with van der Waals surface area (Å²) in [6, 6.07) is 0. The molecular formula is C2H5AlNO3+3. The van der Waals surface area contributed by atoms with Gasteiger partial charge in [0.1, 0.15) is 0 Å². The van der Waals surface area contributed by atoms with Gasteiger partial charge in [0.25, 0.3) is 5.09 Å². The van der Waals surface area contributed by atoms with E-state index in [4.69, 9.17) is 0 Å². The van der Waals surface area contributed by atoms with Gasteiger partial charge in [-0.05, 0) is 6.92 Å². The van der Waals surface area contributed by atoms with Gasteiger partial charge in [-0.3, -0.25) is 0 Å². The van der Waals surface area contributed by atoms with Crippen molar-refractivity contribution < 1.29 is 9.92 Å². The van der Waals surface area contributed by atoms with Gasteiger partial charge in [0.2, 0.25) is 0 Å². The monoisotopic (exact) mass is 118 g/mol. The Morgan fingerprint density at radius 2 is 2.29 bits per heavy atom. The Morgan fingerprint density at radius 1 is 1.86 bits per heavy atom. The summed E-state index contributed by atoms with van der Waals surface area (Å²) >= 11 is 0. The first-order valence-electron chi connectivity index (χ1n) is 1.54. The molecule has 5 heteroatoms. The molecule has 0 amide bonds. The fourth-order valence-electron chi connectivity index (χ4n) is 0.105. The Balaban J connectivity index is 0. The van der Waals surface area contributed by atoms with Gasteiger partial charge >= 0.3 is 17.4 Å². The molecule has 0 rings (SSSR count). The molecule has 7 heavy (non-hydrogen) atoms. The topological polar surface area (TPSA) is 52.4 Å². The molecule has 0 saturated heterocycles. The molecule has 0 aromatic rings. The smallest absolute Gasteiger partial charge is 0.314 e. The van der Waals surface area contributed by atoms with Crippen LogP contribution in [0.5, 0.6) is 0 Å². The van der Waals surface area contributed by atoms with Gasteiger partial charge in [-0.25, -0.2) is 0 Å². The van der Waals surface area contributed by atoms with E-state index in [2.05, 4.69) is 4.84 Å². The van der Waals surface area contributed by atoms with Crippen molar-refractivity contribution in [1.82, 2.24) is 0 Å². The molecule has 0 aliphatic rings. The summed E-state index contributed by atoms with van der Waals surface area (Å²) < 4.78 is 0. The fraction of sp³-hybridized carbons (Fsp3) is 1.00. The maximum Gasteiger partial charge on any atom is 3.00 e. The van der Waals surface area contributed by atoms with Crippen LogP contribution in [0.1, 0.15) is 6.92 Å². The van der Waals surface area contributed by atoms with Gasteiger partial charge < -0.3 is 4.84 Å². The number of rotatable bonds is 2. The van der Waals surface area contributed by atoms with Gasteiger partial charge in [-0.2, -0.15) is 0 Å². The van der Waals surface area contributed by atoms with Crippen LogP contribution in [-0.4, -0.2) is 29.1 Å². The third kappa shape index (κ3) is 10.7. The van der Waals surface area contributed by atoms with Crippen molar-refractivity contribution in [2.75, 3.05) is 6.61 Å². The molecule has 0 spiro atoms. The summed E-state index contributed by atoms with van der Waals surface area (Å²) in [4.78, 5) is 12.9. The molecule has 0 unspecified atom stereocenters. The summed E-state index contributed by atoms with van der Waals surface area (Å²) in [5.74, 6) is 0. The first-order valence-corrected chi connectivity index (χ1v) is 1.54. The van der Waals surface area contributed by atoms with Crippen molar-refractivity contribution in [3.05, 3.63) is 10.1 Å². The first-order chi connectivity index (χ1) is 2.77. The van der Waals surface area contributed by atoms with Gasteiger partial charge in [0, 0.05) is 0 Å². The predicted octanol–water partition coefficient (Wildman–Crippen LogP) is -0.166. The third-order valence-corrected chi connectivity index (χ3v) is 0.235. The van der Waals surface area contributed by atoms with Crippen molar-refractivity contribution in [2.45, 2.75) is 6.92 Å². The Hall–Kier alpha value is -0.268. The van der Waals surface area contributed by atoms with Crippen LogP contribution in [0.15, 0.2) is 0 Å². The van der Waals surface area contributed by atoms with Gasteiger partial charge in [-0.15, -0.1) is 10.1 Å². The molecule has 36 valence electrons. The van der Waals surface area contributed by atoms with E-state index < -0.39 is 5.09 Å². The molecule has 0 atom stereocenters. The zero-order valence-electron chi connectivity index (χ0n) is 3.96. The van der Waals surface area contributed by atoms with Crippen LogP contribution in [0, 0.1) is 10.1 Å². The van der Waals surface area contributed by atoms with Gasteiger partial charge in [-0.1, -0.05) is 0 Å². The summed E-state index contributed by atoms with van der Waals surface area (Å²) in [5, 5.41) is 8.36. The minimum absolute atomic E-state index is 0. The van der Waals surface area contributed by atoms with Crippen molar-refractivity contribution >= 4 is 17.4 Å².